The number of halogens is 1. The lowest BCUT2D eigenvalue weighted by molar-refractivity contribution is -0.146. The molecule has 5 nitrogen and oxygen atoms in total. The van der Waals surface area contributed by atoms with Gasteiger partial charge in [-0.1, -0.05) is 54.6 Å². The summed E-state index contributed by atoms with van der Waals surface area (Å²) in [7, 11) is -2.33. The second-order valence-electron chi connectivity index (χ2n) is 8.13. The molecule has 174 valence electrons. The van der Waals surface area contributed by atoms with E-state index in [1.165, 1.54) is 16.7 Å². The summed E-state index contributed by atoms with van der Waals surface area (Å²) in [4.78, 5) is 26.3. The van der Waals surface area contributed by atoms with Crippen LogP contribution in [0.15, 0.2) is 102 Å². The van der Waals surface area contributed by atoms with Gasteiger partial charge >= 0.3 is 5.97 Å². The number of nitrogens with zero attached hydrogens (tertiary/aromatic N) is 1. The first-order chi connectivity index (χ1) is 16.0. The standard InChI is InChI=1S/C26H23N2O3PS.HI/c27-25-21(24(26(30)31)28-22(29)16-23(28)33-25)17-32(18-10-4-1-5-11-18,19-12-6-2-7-13-19)20-14-8-3-9-15-20;/h1-15,23,25H,16-17,27H2;1H/t23-,25?;/m1./s1. The Labute approximate surface area is 220 Å². The number of fused-ring (bicyclic) bond motifs is 1. The molecule has 0 bridgehead atoms. The van der Waals surface area contributed by atoms with Crippen LogP contribution in [0.3, 0.4) is 0 Å². The molecule has 34 heavy (non-hydrogen) atoms. The van der Waals surface area contributed by atoms with Gasteiger partial charge in [-0.15, -0.1) is 11.8 Å². The highest BCUT2D eigenvalue weighted by atomic mass is 127. The minimum absolute atomic E-state index is 0. The van der Waals surface area contributed by atoms with Crippen molar-refractivity contribution in [1.82, 2.24) is 4.90 Å². The summed E-state index contributed by atoms with van der Waals surface area (Å²) >= 11 is 1.47. The van der Waals surface area contributed by atoms with Crippen LogP contribution in [0, 0.1) is 0 Å². The number of thioether (sulfide) groups is 1. The van der Waals surface area contributed by atoms with Crippen LogP contribution in [0.25, 0.3) is 0 Å². The first kappa shape index (κ1) is 24.9. The molecule has 0 radical (unpaired) electrons. The Kier molecular flexibility index (Phi) is 7.48. The molecule has 2 heterocycles. The molecular weight excluding hydrogens is 578 g/mol. The van der Waals surface area contributed by atoms with E-state index in [9.17, 15) is 14.7 Å². The third kappa shape index (κ3) is 4.19. The second-order valence-corrected chi connectivity index (χ2v) is 12.9. The highest BCUT2D eigenvalue weighted by Gasteiger charge is 2.53. The molecule has 3 aromatic carbocycles. The molecule has 1 fully saturated rings. The van der Waals surface area contributed by atoms with Crippen LogP contribution in [-0.4, -0.2) is 38.8 Å². The van der Waals surface area contributed by atoms with Crippen molar-refractivity contribution in [3.63, 3.8) is 0 Å². The summed E-state index contributed by atoms with van der Waals surface area (Å²) in [6, 6.07) is 30.8. The van der Waals surface area contributed by atoms with Crippen LogP contribution >= 0.6 is 19.0 Å². The molecule has 2 aliphatic heterocycles. The van der Waals surface area contributed by atoms with Crippen molar-refractivity contribution in [3.05, 3.63) is 102 Å². The van der Waals surface area contributed by atoms with Gasteiger partial charge in [0.15, 0.2) is 0 Å². The maximum Gasteiger partial charge on any atom is 0.352 e. The lowest BCUT2D eigenvalue weighted by Gasteiger charge is -2.46. The summed E-state index contributed by atoms with van der Waals surface area (Å²) < 4.78 is 0. The topological polar surface area (TPSA) is 83.6 Å². The molecule has 3 N–H and O–H groups in total. The molecule has 0 spiro atoms. The molecule has 1 amide bonds. The number of nitrogens with two attached hydrogens (primary N) is 1. The van der Waals surface area contributed by atoms with Crippen LogP contribution in [0.1, 0.15) is 6.42 Å². The molecular formula is C26H24IN2O3PS. The Morgan fingerprint density at radius 2 is 1.35 bits per heavy atom. The maximum atomic E-state index is 12.4. The summed E-state index contributed by atoms with van der Waals surface area (Å²) in [6.07, 6.45) is 0.788. The Balaban J connectivity index is 0.00000274. The van der Waals surface area contributed by atoms with Gasteiger partial charge in [0.2, 0.25) is 5.91 Å². The third-order valence-corrected chi connectivity index (χ3v) is 11.9. The van der Waals surface area contributed by atoms with Gasteiger partial charge in [-0.2, -0.15) is 0 Å². The van der Waals surface area contributed by atoms with Gasteiger partial charge in [0.05, 0.1) is 23.3 Å². The zero-order valence-corrected chi connectivity index (χ0v) is 22.1. The van der Waals surface area contributed by atoms with Crippen LogP contribution in [-0.2, 0) is 9.59 Å². The highest BCUT2D eigenvalue weighted by molar-refractivity contribution is 8.01. The van der Waals surface area contributed by atoms with Gasteiger partial charge in [-0.3, -0.25) is 9.69 Å². The summed E-state index contributed by atoms with van der Waals surface area (Å²) in [5.74, 6) is -1.25. The Morgan fingerprint density at radius 1 is 0.912 bits per heavy atom. The van der Waals surface area contributed by atoms with E-state index in [1.807, 2.05) is 54.6 Å². The van der Waals surface area contributed by atoms with Crippen LogP contribution in [0.5, 0.6) is 0 Å². The minimum atomic E-state index is -2.33. The quantitative estimate of drug-likeness (QED) is 0.235. The first-order valence-electron chi connectivity index (χ1n) is 10.8. The van der Waals surface area contributed by atoms with Gasteiger partial charge in [0, 0.05) is 5.57 Å². The molecule has 0 aliphatic carbocycles. The van der Waals surface area contributed by atoms with Crippen molar-refractivity contribution < 1.29 is 38.7 Å². The van der Waals surface area contributed by atoms with Crippen molar-refractivity contribution >= 4 is 46.8 Å². The van der Waals surface area contributed by atoms with E-state index < -0.39 is 18.6 Å². The Bertz CT molecular complexity index is 1130. The fourth-order valence-corrected chi connectivity index (χ4v) is 10.5. The minimum Gasteiger partial charge on any atom is -1.00 e. The average Bonchev–Trinajstić information content (AvgIpc) is 2.84. The number of aliphatic carboxylic acids is 1. The second kappa shape index (κ2) is 10.2. The first-order valence-corrected chi connectivity index (χ1v) is 13.7. The van der Waals surface area contributed by atoms with Crippen LogP contribution in [0.2, 0.25) is 0 Å². The molecule has 8 heteroatoms. The number of carboxylic acids is 1. The number of carbonyl (C=O) groups is 2. The van der Waals surface area contributed by atoms with Gasteiger partial charge in [-0.25, -0.2) is 4.79 Å². The van der Waals surface area contributed by atoms with Gasteiger partial charge in [-0.05, 0) is 36.4 Å². The Hall–Kier alpha value is -2.19. The summed E-state index contributed by atoms with van der Waals surface area (Å²) in [5.41, 5.74) is 7.29. The summed E-state index contributed by atoms with van der Waals surface area (Å²) in [6.45, 7) is 0. The number of carboxylic acid groups (broad SMARTS) is 1. The van der Waals surface area contributed by atoms with Gasteiger partial charge < -0.3 is 34.8 Å². The van der Waals surface area contributed by atoms with E-state index in [2.05, 4.69) is 36.4 Å². The van der Waals surface area contributed by atoms with E-state index in [4.69, 9.17) is 5.73 Å². The number of hydrogen-bond donors (Lipinski definition) is 2. The molecule has 1 unspecified atom stereocenters. The van der Waals surface area contributed by atoms with E-state index in [1.54, 1.807) is 0 Å². The number of rotatable bonds is 6. The lowest BCUT2D eigenvalue weighted by Crippen LogP contribution is -3.00. The van der Waals surface area contributed by atoms with Crippen LogP contribution in [0.4, 0.5) is 0 Å². The molecule has 0 aromatic heterocycles. The normalized spacial score (nSPS) is 19.7. The van der Waals surface area contributed by atoms with Crippen molar-refractivity contribution in [2.24, 2.45) is 5.73 Å². The predicted octanol–water partition coefficient (Wildman–Crippen LogP) is -0.0868. The number of carbonyl (C=O) groups excluding carboxylic acids is 1. The summed E-state index contributed by atoms with van der Waals surface area (Å²) in [5, 5.41) is 12.9. The number of benzene rings is 3. The van der Waals surface area contributed by atoms with Crippen molar-refractivity contribution in [2.45, 2.75) is 17.2 Å². The molecule has 2 atom stereocenters. The van der Waals surface area contributed by atoms with Gasteiger partial charge in [0.25, 0.3) is 0 Å². The van der Waals surface area contributed by atoms with Crippen molar-refractivity contribution in [2.75, 3.05) is 6.16 Å². The van der Waals surface area contributed by atoms with E-state index >= 15 is 0 Å². The monoisotopic (exact) mass is 602 g/mol. The Morgan fingerprint density at radius 3 is 1.74 bits per heavy atom. The molecule has 1 saturated heterocycles. The fraction of sp³-hybridized carbons (Fsp3) is 0.154. The third-order valence-electron chi connectivity index (χ3n) is 6.30. The van der Waals surface area contributed by atoms with Gasteiger partial charge in [0.1, 0.15) is 28.9 Å². The molecule has 3 aromatic rings. The molecule has 5 rings (SSSR count). The average molecular weight is 602 g/mol. The largest absolute Gasteiger partial charge is 1.00 e. The van der Waals surface area contributed by atoms with Crippen LogP contribution < -0.4 is 45.6 Å². The fourth-order valence-electron chi connectivity index (χ4n) is 4.73. The highest BCUT2D eigenvalue weighted by Crippen LogP contribution is 2.58. The zero-order chi connectivity index (χ0) is 23.0. The van der Waals surface area contributed by atoms with E-state index in [0.717, 1.165) is 15.9 Å². The SMILES string of the molecule is NC1S[C@@H]2CC(=O)N2C(C(=O)O)=C1C[P+](c1ccccc1)(c1ccccc1)c1ccccc1.[I-]. The zero-order valence-electron chi connectivity index (χ0n) is 18.3. The van der Waals surface area contributed by atoms with E-state index in [-0.39, 0.29) is 41.0 Å². The van der Waals surface area contributed by atoms with E-state index in [0.29, 0.717) is 18.2 Å². The maximum absolute atomic E-state index is 12.4. The predicted molar refractivity (Wildman–Crippen MR) is 135 cm³/mol. The van der Waals surface area contributed by atoms with Crippen molar-refractivity contribution in [3.8, 4) is 0 Å². The lowest BCUT2D eigenvalue weighted by atomic mass is 10.1. The van der Waals surface area contributed by atoms with Crippen molar-refractivity contribution in [1.29, 1.82) is 0 Å². The smallest absolute Gasteiger partial charge is 0.352 e. The number of β-lactam (4-membered cyclic amide) rings is 1. The molecule has 0 saturated carbocycles. The molecule has 2 aliphatic rings. The number of hydrogen-bond acceptors (Lipinski definition) is 4. The number of amides is 1.